The molecular weight excluding hydrogens is 511 g/mol. The molecular formula is C24H30F2N3O7P. The average Bonchev–Trinajstić information content (AvgIpc) is 3.50. The maximum absolute atomic E-state index is 16.2. The van der Waals surface area contributed by atoms with Gasteiger partial charge in [-0.05, 0) is 39.2 Å². The Bertz CT molecular complexity index is 1350. The molecule has 3 unspecified atom stereocenters. The predicted octanol–water partition coefficient (Wildman–Crippen LogP) is 3.46. The Hall–Kier alpha value is -2.37. The smallest absolute Gasteiger partial charge is 0.350 e. The summed E-state index contributed by atoms with van der Waals surface area (Å²) in [6.45, 7) is 3.97. The first-order chi connectivity index (χ1) is 17.6. The van der Waals surface area contributed by atoms with Crippen LogP contribution in [0, 0.1) is 17.6 Å². The average molecular weight is 541 g/mol. The number of halogens is 2. The van der Waals surface area contributed by atoms with E-state index in [1.54, 1.807) is 13.8 Å². The topological polar surface area (TPSA) is 133 Å². The molecule has 0 bridgehead atoms. The first kappa shape index (κ1) is 26.2. The highest BCUT2D eigenvalue weighted by atomic mass is 31.2. The number of nitrogens with two attached hydrogens (primary N) is 1. The van der Waals surface area contributed by atoms with Gasteiger partial charge in [0.15, 0.2) is 5.82 Å². The molecule has 1 saturated carbocycles. The van der Waals surface area contributed by atoms with E-state index in [9.17, 15) is 19.3 Å². The van der Waals surface area contributed by atoms with Crippen molar-refractivity contribution in [3.8, 4) is 0 Å². The maximum Gasteiger partial charge on any atom is 0.350 e. The SMILES string of the molecule is CCOP(=O)(OCC)C(N)C12CN(c3c(F)cc4c(=O)c(C(=O)O)cn(C5CC5)c4c3F)CC1CCO2. The van der Waals surface area contributed by atoms with Gasteiger partial charge in [-0.2, -0.15) is 0 Å². The number of hydrogen-bond donors (Lipinski definition) is 2. The predicted molar refractivity (Wildman–Crippen MR) is 131 cm³/mol. The van der Waals surface area contributed by atoms with Crippen LogP contribution in [0.3, 0.4) is 0 Å². The number of carboxylic acid groups (broad SMARTS) is 1. The number of aromatic carboxylic acids is 1. The Morgan fingerprint density at radius 2 is 1.97 bits per heavy atom. The second-order valence-corrected chi connectivity index (χ2v) is 11.9. The van der Waals surface area contributed by atoms with Gasteiger partial charge in [0.1, 0.15) is 28.5 Å². The lowest BCUT2D eigenvalue weighted by Gasteiger charge is -2.37. The quantitative estimate of drug-likeness (QED) is 0.458. The Morgan fingerprint density at radius 1 is 1.30 bits per heavy atom. The molecule has 1 aromatic heterocycles. The summed E-state index contributed by atoms with van der Waals surface area (Å²) in [5, 5.41) is 9.12. The highest BCUT2D eigenvalue weighted by Crippen LogP contribution is 2.59. The van der Waals surface area contributed by atoms with Crippen LogP contribution < -0.4 is 16.1 Å². The fourth-order valence-corrected chi connectivity index (χ4v) is 7.75. The van der Waals surface area contributed by atoms with Crippen molar-refractivity contribution in [3.05, 3.63) is 39.7 Å². The van der Waals surface area contributed by atoms with Crippen LogP contribution in [-0.2, 0) is 18.3 Å². The Morgan fingerprint density at radius 3 is 2.57 bits per heavy atom. The number of ether oxygens (including phenoxy) is 1. The maximum atomic E-state index is 16.2. The molecule has 2 aromatic rings. The summed E-state index contributed by atoms with van der Waals surface area (Å²) in [7, 11) is -3.82. The molecule has 2 aliphatic heterocycles. The van der Waals surface area contributed by atoms with E-state index in [1.807, 2.05) is 0 Å². The molecule has 202 valence electrons. The molecule has 2 saturated heterocycles. The number of rotatable bonds is 9. The van der Waals surface area contributed by atoms with Crippen molar-refractivity contribution in [2.75, 3.05) is 37.8 Å². The Labute approximate surface area is 211 Å². The van der Waals surface area contributed by atoms with E-state index in [4.69, 9.17) is 19.5 Å². The van der Waals surface area contributed by atoms with Gasteiger partial charge in [-0.15, -0.1) is 0 Å². The van der Waals surface area contributed by atoms with E-state index < -0.39 is 47.6 Å². The van der Waals surface area contributed by atoms with E-state index in [-0.39, 0.29) is 54.9 Å². The molecule has 1 aliphatic carbocycles. The molecule has 3 fully saturated rings. The van der Waals surface area contributed by atoms with Gasteiger partial charge in [0.2, 0.25) is 5.43 Å². The van der Waals surface area contributed by atoms with Crippen molar-refractivity contribution >= 4 is 30.2 Å². The third-order valence-corrected chi connectivity index (χ3v) is 9.89. The van der Waals surface area contributed by atoms with Gasteiger partial charge in [0, 0.05) is 37.9 Å². The summed E-state index contributed by atoms with van der Waals surface area (Å²) in [5.41, 5.74) is 3.28. The Kier molecular flexibility index (Phi) is 6.69. The van der Waals surface area contributed by atoms with Crippen molar-refractivity contribution in [2.24, 2.45) is 11.7 Å². The zero-order chi connectivity index (χ0) is 26.7. The van der Waals surface area contributed by atoms with Gasteiger partial charge in [0.25, 0.3) is 0 Å². The summed E-state index contributed by atoms with van der Waals surface area (Å²) in [4.78, 5) is 25.9. The van der Waals surface area contributed by atoms with Gasteiger partial charge in [-0.3, -0.25) is 9.36 Å². The minimum atomic E-state index is -3.82. The number of anilines is 1. The first-order valence-electron chi connectivity index (χ1n) is 12.4. The second kappa shape index (κ2) is 9.43. The molecule has 37 heavy (non-hydrogen) atoms. The third-order valence-electron chi connectivity index (χ3n) is 7.54. The zero-order valence-corrected chi connectivity index (χ0v) is 21.5. The lowest BCUT2D eigenvalue weighted by atomic mass is 9.91. The molecule has 5 rings (SSSR count). The standard InChI is InChI=1S/C24H30F2N3O7P/c1-3-35-37(33,36-4-2)23(27)24-12-28(10-13(24)7-8-34-24)20-17(25)9-15-19(18(20)26)29(14-5-6-14)11-16(21(15)30)22(31)32/h9,11,13-14,23H,3-8,10,12,27H2,1-2H3,(H,31,32). The highest BCUT2D eigenvalue weighted by molar-refractivity contribution is 7.54. The highest BCUT2D eigenvalue weighted by Gasteiger charge is 2.61. The lowest BCUT2D eigenvalue weighted by Crippen LogP contribution is -2.53. The van der Waals surface area contributed by atoms with E-state index in [2.05, 4.69) is 0 Å². The number of aromatic nitrogens is 1. The number of pyridine rings is 1. The van der Waals surface area contributed by atoms with Crippen molar-refractivity contribution < 1.29 is 37.0 Å². The summed E-state index contributed by atoms with van der Waals surface area (Å²) >= 11 is 0. The van der Waals surface area contributed by atoms with Crippen LogP contribution in [0.2, 0.25) is 0 Å². The van der Waals surface area contributed by atoms with Crippen molar-refractivity contribution in [2.45, 2.75) is 50.5 Å². The molecule has 0 radical (unpaired) electrons. The zero-order valence-electron chi connectivity index (χ0n) is 20.6. The van der Waals surface area contributed by atoms with Gasteiger partial charge in [-0.25, -0.2) is 13.6 Å². The summed E-state index contributed by atoms with van der Waals surface area (Å²) in [6.07, 6.45) is 3.04. The number of nitrogens with zero attached hydrogens (tertiary/aromatic N) is 2. The summed E-state index contributed by atoms with van der Waals surface area (Å²) in [6, 6.07) is 0.715. The first-order valence-corrected chi connectivity index (χ1v) is 14.0. The number of benzene rings is 1. The van der Waals surface area contributed by atoms with E-state index >= 15 is 8.78 Å². The summed E-state index contributed by atoms with van der Waals surface area (Å²) in [5.74, 6) is -4.91. The van der Waals surface area contributed by atoms with Crippen LogP contribution in [0.25, 0.3) is 10.9 Å². The van der Waals surface area contributed by atoms with Gasteiger partial charge in [-0.1, -0.05) is 0 Å². The number of fused-ring (bicyclic) bond motifs is 2. The monoisotopic (exact) mass is 541 g/mol. The van der Waals surface area contributed by atoms with Gasteiger partial charge < -0.3 is 34.1 Å². The van der Waals surface area contributed by atoms with Crippen molar-refractivity contribution in [1.82, 2.24) is 4.57 Å². The minimum Gasteiger partial charge on any atom is -0.477 e. The molecule has 10 nitrogen and oxygen atoms in total. The van der Waals surface area contributed by atoms with Gasteiger partial charge in [0.05, 0.1) is 24.1 Å². The molecule has 3 atom stereocenters. The number of carboxylic acids is 1. The molecule has 1 aromatic carbocycles. The van der Waals surface area contributed by atoms with E-state index in [0.717, 1.165) is 12.3 Å². The molecule has 3 aliphatic rings. The molecule has 13 heteroatoms. The number of carbonyl (C=O) groups is 1. The third kappa shape index (κ3) is 4.10. The molecule has 3 N–H and O–H groups in total. The molecule has 3 heterocycles. The van der Waals surface area contributed by atoms with Crippen LogP contribution in [0.1, 0.15) is 49.5 Å². The van der Waals surface area contributed by atoms with Crippen LogP contribution in [0.15, 0.2) is 17.1 Å². The molecule has 0 amide bonds. The van der Waals surface area contributed by atoms with Crippen molar-refractivity contribution in [3.63, 3.8) is 0 Å². The largest absolute Gasteiger partial charge is 0.477 e. The van der Waals surface area contributed by atoms with Gasteiger partial charge >= 0.3 is 13.6 Å². The van der Waals surface area contributed by atoms with Crippen LogP contribution in [0.4, 0.5) is 14.5 Å². The van der Waals surface area contributed by atoms with Crippen LogP contribution in [-0.4, -0.2) is 59.9 Å². The number of hydrogen-bond acceptors (Lipinski definition) is 8. The summed E-state index contributed by atoms with van der Waals surface area (Å²) < 4.78 is 63.6. The van der Waals surface area contributed by atoms with Crippen LogP contribution in [0.5, 0.6) is 0 Å². The Balaban J connectivity index is 1.61. The minimum absolute atomic E-state index is 0.0663. The lowest BCUT2D eigenvalue weighted by molar-refractivity contribution is -0.00588. The fourth-order valence-electron chi connectivity index (χ4n) is 5.73. The van der Waals surface area contributed by atoms with E-state index in [1.165, 1.54) is 9.47 Å². The van der Waals surface area contributed by atoms with Crippen molar-refractivity contribution in [1.29, 1.82) is 0 Å². The fraction of sp³-hybridized carbons (Fsp3) is 0.583. The molecule has 0 spiro atoms. The normalized spacial score (nSPS) is 24.6. The van der Waals surface area contributed by atoms with E-state index in [0.29, 0.717) is 25.9 Å². The second-order valence-electron chi connectivity index (χ2n) is 9.72. The van der Waals surface area contributed by atoms with Crippen LogP contribution >= 0.6 is 7.60 Å².